The number of hydrazone groups is 1. The fourth-order valence-corrected chi connectivity index (χ4v) is 2.28. The molecule has 1 N–H and O–H groups in total. The Hall–Kier alpha value is -2.74. The molecular weight excluding hydrogens is 334 g/mol. The van der Waals surface area contributed by atoms with Crippen LogP contribution in [0.4, 0.5) is 5.69 Å². The van der Waals surface area contributed by atoms with Crippen molar-refractivity contribution < 1.29 is 9.72 Å². The molecule has 0 fully saturated rings. The van der Waals surface area contributed by atoms with Crippen LogP contribution in [0, 0.1) is 24.0 Å². The van der Waals surface area contributed by atoms with Crippen molar-refractivity contribution in [3.8, 4) is 0 Å². The normalized spacial score (nSPS) is 11.0. The Kier molecular flexibility index (Phi) is 5.64. The number of carbonyl (C=O) groups excluding carboxylic acids is 1. The Balaban J connectivity index is 1.89. The second kappa shape index (κ2) is 7.69. The van der Waals surface area contributed by atoms with E-state index >= 15 is 0 Å². The maximum atomic E-state index is 11.8. The lowest BCUT2D eigenvalue weighted by atomic mass is 10.2. The first-order valence-electron chi connectivity index (χ1n) is 7.13. The number of amides is 1. The monoisotopic (exact) mass is 349 g/mol. The van der Waals surface area contributed by atoms with Gasteiger partial charge in [0.15, 0.2) is 0 Å². The lowest BCUT2D eigenvalue weighted by molar-refractivity contribution is -0.384. The minimum atomic E-state index is -0.577. The Morgan fingerprint density at radius 3 is 2.83 bits per heavy atom. The van der Waals surface area contributed by atoms with Gasteiger partial charge in [-0.1, -0.05) is 17.7 Å². The van der Waals surface area contributed by atoms with Gasteiger partial charge in [-0.2, -0.15) is 10.2 Å². The summed E-state index contributed by atoms with van der Waals surface area (Å²) >= 11 is 5.73. The van der Waals surface area contributed by atoms with E-state index in [4.69, 9.17) is 11.6 Å². The second-order valence-corrected chi connectivity index (χ2v) is 5.57. The molecule has 0 saturated heterocycles. The first-order chi connectivity index (χ1) is 11.4. The molecule has 8 nitrogen and oxygen atoms in total. The van der Waals surface area contributed by atoms with E-state index in [0.717, 1.165) is 11.4 Å². The molecule has 1 amide bonds. The van der Waals surface area contributed by atoms with Crippen LogP contribution in [-0.4, -0.2) is 26.8 Å². The summed E-state index contributed by atoms with van der Waals surface area (Å²) in [5.74, 6) is -0.276. The molecule has 9 heteroatoms. The molecule has 126 valence electrons. The number of nitrogens with zero attached hydrogens (tertiary/aromatic N) is 4. The third kappa shape index (κ3) is 4.63. The number of hydrogen-bond acceptors (Lipinski definition) is 5. The van der Waals surface area contributed by atoms with Crippen molar-refractivity contribution in [3.05, 3.63) is 56.4 Å². The van der Waals surface area contributed by atoms with E-state index in [1.54, 1.807) is 10.7 Å². The molecule has 0 aliphatic rings. The van der Waals surface area contributed by atoms with E-state index in [1.807, 2.05) is 19.9 Å². The fourth-order valence-electron chi connectivity index (χ4n) is 2.09. The van der Waals surface area contributed by atoms with Gasteiger partial charge in [0, 0.05) is 23.7 Å². The summed E-state index contributed by atoms with van der Waals surface area (Å²) in [6.07, 6.45) is 1.55. The van der Waals surface area contributed by atoms with Crippen LogP contribution in [0.5, 0.6) is 0 Å². The van der Waals surface area contributed by atoms with Crippen LogP contribution in [0.3, 0.4) is 0 Å². The molecule has 0 bridgehead atoms. The lowest BCUT2D eigenvalue weighted by Crippen LogP contribution is -2.20. The molecule has 1 heterocycles. The number of carbonyl (C=O) groups is 1. The molecular formula is C15H16ClN5O3. The van der Waals surface area contributed by atoms with Crippen molar-refractivity contribution >= 4 is 29.4 Å². The van der Waals surface area contributed by atoms with Crippen molar-refractivity contribution in [1.82, 2.24) is 15.2 Å². The standard InChI is InChI=1S/C15H16ClN5O3/c1-10-7-11(2)20(19-10)6-5-15(22)18-17-9-12-3-4-13(16)14(8-12)21(23)24/h3-4,7-9H,5-6H2,1-2H3,(H,18,22). The maximum Gasteiger partial charge on any atom is 0.288 e. The van der Waals surface area contributed by atoms with Crippen LogP contribution in [0.15, 0.2) is 29.4 Å². The van der Waals surface area contributed by atoms with Crippen molar-refractivity contribution in [2.24, 2.45) is 5.10 Å². The molecule has 1 aromatic heterocycles. The number of nitrogens with one attached hydrogen (secondary N) is 1. The topological polar surface area (TPSA) is 102 Å². The summed E-state index contributed by atoms with van der Waals surface area (Å²) in [5.41, 5.74) is 4.51. The summed E-state index contributed by atoms with van der Waals surface area (Å²) in [4.78, 5) is 22.0. The van der Waals surface area contributed by atoms with Crippen molar-refractivity contribution in [2.45, 2.75) is 26.8 Å². The van der Waals surface area contributed by atoms with E-state index in [2.05, 4.69) is 15.6 Å². The quantitative estimate of drug-likeness (QED) is 0.492. The highest BCUT2D eigenvalue weighted by Gasteiger charge is 2.11. The summed E-state index contributed by atoms with van der Waals surface area (Å²) < 4.78 is 1.75. The minimum Gasteiger partial charge on any atom is -0.273 e. The van der Waals surface area contributed by atoms with Crippen LogP contribution in [0.2, 0.25) is 5.02 Å². The SMILES string of the molecule is Cc1cc(C)n(CCC(=O)NN=Cc2ccc(Cl)c([N+](=O)[O-])c2)n1. The van der Waals surface area contributed by atoms with Gasteiger partial charge in [0.1, 0.15) is 5.02 Å². The van der Waals surface area contributed by atoms with Crippen molar-refractivity contribution in [3.63, 3.8) is 0 Å². The maximum absolute atomic E-state index is 11.8. The Morgan fingerprint density at radius 2 is 2.21 bits per heavy atom. The number of aryl methyl sites for hydroxylation is 3. The molecule has 24 heavy (non-hydrogen) atoms. The second-order valence-electron chi connectivity index (χ2n) is 5.16. The number of benzene rings is 1. The van der Waals surface area contributed by atoms with Gasteiger partial charge in [-0.3, -0.25) is 19.6 Å². The minimum absolute atomic E-state index is 0.0473. The van der Waals surface area contributed by atoms with E-state index in [-0.39, 0.29) is 23.0 Å². The highest BCUT2D eigenvalue weighted by molar-refractivity contribution is 6.32. The number of halogens is 1. The van der Waals surface area contributed by atoms with Crippen molar-refractivity contribution in [2.75, 3.05) is 0 Å². The molecule has 0 aliphatic carbocycles. The Labute approximate surface area is 143 Å². The number of aromatic nitrogens is 2. The average Bonchev–Trinajstić information content (AvgIpc) is 2.84. The zero-order valence-electron chi connectivity index (χ0n) is 13.2. The average molecular weight is 350 g/mol. The summed E-state index contributed by atoms with van der Waals surface area (Å²) in [5, 5.41) is 18.9. The van der Waals surface area contributed by atoms with Crippen LogP contribution in [0.1, 0.15) is 23.4 Å². The molecule has 0 saturated carbocycles. The van der Waals surface area contributed by atoms with E-state index in [9.17, 15) is 14.9 Å². The molecule has 2 aromatic rings. The zero-order valence-corrected chi connectivity index (χ0v) is 13.9. The molecule has 2 rings (SSSR count). The van der Waals surface area contributed by atoms with Gasteiger partial charge in [0.05, 0.1) is 23.4 Å². The van der Waals surface area contributed by atoms with Gasteiger partial charge in [-0.05, 0) is 26.0 Å². The van der Waals surface area contributed by atoms with Crippen LogP contribution in [0.25, 0.3) is 0 Å². The first-order valence-corrected chi connectivity index (χ1v) is 7.51. The van der Waals surface area contributed by atoms with Gasteiger partial charge in [-0.25, -0.2) is 5.43 Å². The van der Waals surface area contributed by atoms with Crippen LogP contribution < -0.4 is 5.43 Å². The van der Waals surface area contributed by atoms with Gasteiger partial charge in [0.2, 0.25) is 5.91 Å². The fraction of sp³-hybridized carbons (Fsp3) is 0.267. The number of hydrogen-bond donors (Lipinski definition) is 1. The van der Waals surface area contributed by atoms with Crippen LogP contribution in [-0.2, 0) is 11.3 Å². The highest BCUT2D eigenvalue weighted by atomic mass is 35.5. The third-order valence-electron chi connectivity index (χ3n) is 3.22. The third-order valence-corrected chi connectivity index (χ3v) is 3.54. The highest BCUT2D eigenvalue weighted by Crippen LogP contribution is 2.24. The first kappa shape index (κ1) is 17.6. The number of nitro groups is 1. The summed E-state index contributed by atoms with van der Waals surface area (Å²) in [6.45, 7) is 4.26. The number of rotatable bonds is 6. The van der Waals surface area contributed by atoms with E-state index in [1.165, 1.54) is 18.3 Å². The largest absolute Gasteiger partial charge is 0.288 e. The van der Waals surface area contributed by atoms with E-state index < -0.39 is 4.92 Å². The molecule has 0 unspecified atom stereocenters. The summed E-state index contributed by atoms with van der Waals surface area (Å²) in [6, 6.07) is 6.20. The Morgan fingerprint density at radius 1 is 1.46 bits per heavy atom. The summed E-state index contributed by atoms with van der Waals surface area (Å²) in [7, 11) is 0. The molecule has 1 aromatic carbocycles. The van der Waals surface area contributed by atoms with E-state index in [0.29, 0.717) is 12.1 Å². The molecule has 0 atom stereocenters. The number of nitro benzene ring substituents is 1. The van der Waals surface area contributed by atoms with Crippen LogP contribution >= 0.6 is 11.6 Å². The predicted octanol–water partition coefficient (Wildman–Crippen LogP) is 2.60. The van der Waals surface area contributed by atoms with Gasteiger partial charge in [0.25, 0.3) is 5.69 Å². The molecule has 0 aliphatic heterocycles. The smallest absolute Gasteiger partial charge is 0.273 e. The lowest BCUT2D eigenvalue weighted by Gasteiger charge is -2.03. The van der Waals surface area contributed by atoms with Gasteiger partial charge < -0.3 is 0 Å². The van der Waals surface area contributed by atoms with Gasteiger partial charge >= 0.3 is 0 Å². The van der Waals surface area contributed by atoms with Crippen molar-refractivity contribution in [1.29, 1.82) is 0 Å². The predicted molar refractivity (Wildman–Crippen MR) is 90.2 cm³/mol. The molecule has 0 radical (unpaired) electrons. The Bertz CT molecular complexity index is 800. The van der Waals surface area contributed by atoms with Gasteiger partial charge in [-0.15, -0.1) is 0 Å². The zero-order chi connectivity index (χ0) is 17.7. The molecule has 0 spiro atoms.